The number of aliphatic hydroxyl groups is 1. The van der Waals surface area contributed by atoms with Gasteiger partial charge in [-0.15, -0.1) is 0 Å². The van der Waals surface area contributed by atoms with E-state index >= 15 is 0 Å². The summed E-state index contributed by atoms with van der Waals surface area (Å²) in [5, 5.41) is 11.0. The molecule has 0 aromatic heterocycles. The van der Waals surface area contributed by atoms with E-state index in [0.29, 0.717) is 29.4 Å². The van der Waals surface area contributed by atoms with Crippen LogP contribution in [0.4, 0.5) is 4.39 Å². The van der Waals surface area contributed by atoms with Crippen LogP contribution in [0.25, 0.3) is 5.76 Å². The maximum absolute atomic E-state index is 13.5. The first-order chi connectivity index (χ1) is 14.8. The first-order valence-corrected chi connectivity index (χ1v) is 10.1. The SMILES string of the molecule is COCCN1C(=O)C(=O)/C(=C(\O)c2ccc(OCC(C)C)cc2)C1c1ccc(F)cc1. The van der Waals surface area contributed by atoms with Crippen LogP contribution in [0, 0.1) is 11.7 Å². The van der Waals surface area contributed by atoms with Gasteiger partial charge < -0.3 is 19.5 Å². The summed E-state index contributed by atoms with van der Waals surface area (Å²) < 4.78 is 24.2. The molecule has 2 aromatic carbocycles. The Morgan fingerprint density at radius 3 is 2.32 bits per heavy atom. The van der Waals surface area contributed by atoms with Crippen LogP contribution < -0.4 is 4.74 Å². The topological polar surface area (TPSA) is 76.1 Å². The normalized spacial score (nSPS) is 18.1. The number of aliphatic hydroxyl groups excluding tert-OH is 1. The molecule has 164 valence electrons. The van der Waals surface area contributed by atoms with E-state index in [1.165, 1.54) is 36.3 Å². The maximum Gasteiger partial charge on any atom is 0.295 e. The molecule has 7 heteroatoms. The number of carbonyl (C=O) groups is 2. The van der Waals surface area contributed by atoms with Gasteiger partial charge in [0.1, 0.15) is 17.3 Å². The number of likely N-dealkylation sites (tertiary alicyclic amines) is 1. The Balaban J connectivity index is 2.02. The lowest BCUT2D eigenvalue weighted by Crippen LogP contribution is -2.32. The fraction of sp³-hybridized carbons (Fsp3) is 0.333. The van der Waals surface area contributed by atoms with Crippen LogP contribution in [-0.2, 0) is 14.3 Å². The first kappa shape index (κ1) is 22.5. The summed E-state index contributed by atoms with van der Waals surface area (Å²) in [7, 11) is 1.49. The molecule has 6 nitrogen and oxygen atoms in total. The van der Waals surface area contributed by atoms with E-state index in [0.717, 1.165) is 0 Å². The second kappa shape index (κ2) is 9.75. The van der Waals surface area contributed by atoms with Crippen molar-refractivity contribution in [1.29, 1.82) is 0 Å². The number of hydrogen-bond donors (Lipinski definition) is 1. The lowest BCUT2D eigenvalue weighted by atomic mass is 9.95. The van der Waals surface area contributed by atoms with Crippen LogP contribution >= 0.6 is 0 Å². The Labute approximate surface area is 180 Å². The number of ketones is 1. The number of benzene rings is 2. The molecule has 2 aromatic rings. The highest BCUT2D eigenvalue weighted by molar-refractivity contribution is 6.46. The molecular weight excluding hydrogens is 401 g/mol. The average Bonchev–Trinajstić information content (AvgIpc) is 3.01. The van der Waals surface area contributed by atoms with Crippen molar-refractivity contribution in [3.05, 3.63) is 71.0 Å². The van der Waals surface area contributed by atoms with Crippen LogP contribution in [0.1, 0.15) is 31.0 Å². The second-order valence-corrected chi connectivity index (χ2v) is 7.77. The Kier molecular flexibility index (Phi) is 7.07. The van der Waals surface area contributed by atoms with Gasteiger partial charge in [0.15, 0.2) is 0 Å². The van der Waals surface area contributed by atoms with E-state index in [-0.39, 0.29) is 24.5 Å². The predicted octanol–water partition coefficient (Wildman–Crippen LogP) is 3.93. The molecule has 1 aliphatic rings. The molecule has 0 aliphatic carbocycles. The van der Waals surface area contributed by atoms with E-state index in [9.17, 15) is 19.1 Å². The number of Topliss-reactive ketones (excluding diaryl/α,β-unsaturated/α-hetero) is 1. The van der Waals surface area contributed by atoms with Gasteiger partial charge in [0.2, 0.25) is 0 Å². The van der Waals surface area contributed by atoms with Crippen molar-refractivity contribution < 1.29 is 28.6 Å². The quantitative estimate of drug-likeness (QED) is 0.393. The standard InChI is InChI=1S/C24H26FNO5/c1-15(2)14-31-19-10-6-17(7-11-19)22(27)20-21(16-4-8-18(25)9-5-16)26(12-13-30-3)24(29)23(20)28/h4-11,15,21,27H,12-14H2,1-3H3/b22-20-. The summed E-state index contributed by atoms with van der Waals surface area (Å²) in [5.74, 6) is -1.24. The van der Waals surface area contributed by atoms with E-state index in [4.69, 9.17) is 9.47 Å². The Bertz CT molecular complexity index is 966. The van der Waals surface area contributed by atoms with Crippen molar-refractivity contribution in [2.75, 3.05) is 26.9 Å². The van der Waals surface area contributed by atoms with Gasteiger partial charge in [-0.25, -0.2) is 4.39 Å². The molecule has 1 atom stereocenters. The van der Waals surface area contributed by atoms with Crippen LogP contribution in [0.3, 0.4) is 0 Å². The molecule has 3 rings (SSSR count). The summed E-state index contributed by atoms with van der Waals surface area (Å²) >= 11 is 0. The number of hydrogen-bond acceptors (Lipinski definition) is 5. The molecule has 1 fully saturated rings. The Morgan fingerprint density at radius 1 is 1.10 bits per heavy atom. The highest BCUT2D eigenvalue weighted by Crippen LogP contribution is 2.39. The number of halogens is 1. The predicted molar refractivity (Wildman–Crippen MR) is 114 cm³/mol. The Hall–Kier alpha value is -3.19. The fourth-order valence-corrected chi connectivity index (χ4v) is 3.42. The van der Waals surface area contributed by atoms with E-state index in [1.54, 1.807) is 24.3 Å². The third kappa shape index (κ3) is 4.94. The van der Waals surface area contributed by atoms with Gasteiger partial charge in [0.25, 0.3) is 11.7 Å². The zero-order valence-electron chi connectivity index (χ0n) is 17.8. The van der Waals surface area contributed by atoms with E-state index < -0.39 is 23.5 Å². The lowest BCUT2D eigenvalue weighted by molar-refractivity contribution is -0.140. The number of ether oxygens (including phenoxy) is 2. The van der Waals surface area contributed by atoms with Gasteiger partial charge in [-0.3, -0.25) is 9.59 Å². The van der Waals surface area contributed by atoms with Gasteiger partial charge in [-0.05, 0) is 47.9 Å². The third-order valence-electron chi connectivity index (χ3n) is 4.97. The summed E-state index contributed by atoms with van der Waals surface area (Å²) in [6.45, 7) is 5.01. The fourth-order valence-electron chi connectivity index (χ4n) is 3.42. The Morgan fingerprint density at radius 2 is 1.74 bits per heavy atom. The molecule has 1 aliphatic heterocycles. The zero-order chi connectivity index (χ0) is 22.5. The van der Waals surface area contributed by atoms with Crippen molar-refractivity contribution in [2.24, 2.45) is 5.92 Å². The maximum atomic E-state index is 13.5. The van der Waals surface area contributed by atoms with Gasteiger partial charge >= 0.3 is 0 Å². The monoisotopic (exact) mass is 427 g/mol. The molecule has 1 unspecified atom stereocenters. The molecule has 0 bridgehead atoms. The number of carbonyl (C=O) groups excluding carboxylic acids is 2. The minimum atomic E-state index is -0.840. The summed E-state index contributed by atoms with van der Waals surface area (Å²) in [4.78, 5) is 26.9. The zero-order valence-corrected chi connectivity index (χ0v) is 17.8. The summed E-state index contributed by atoms with van der Waals surface area (Å²) in [6, 6.07) is 11.3. The molecule has 0 spiro atoms. The van der Waals surface area contributed by atoms with Crippen molar-refractivity contribution in [3.63, 3.8) is 0 Å². The highest BCUT2D eigenvalue weighted by Gasteiger charge is 2.45. The minimum Gasteiger partial charge on any atom is -0.507 e. The number of nitrogens with zero attached hydrogens (tertiary/aromatic N) is 1. The molecule has 1 N–H and O–H groups in total. The van der Waals surface area contributed by atoms with Crippen LogP contribution in [0.5, 0.6) is 5.75 Å². The van der Waals surface area contributed by atoms with Crippen LogP contribution in [-0.4, -0.2) is 48.6 Å². The molecular formula is C24H26FNO5. The average molecular weight is 427 g/mol. The number of methoxy groups -OCH3 is 1. The largest absolute Gasteiger partial charge is 0.507 e. The summed E-state index contributed by atoms with van der Waals surface area (Å²) in [6.07, 6.45) is 0. The van der Waals surface area contributed by atoms with Gasteiger partial charge in [-0.1, -0.05) is 26.0 Å². The highest BCUT2D eigenvalue weighted by atomic mass is 19.1. The van der Waals surface area contributed by atoms with E-state index in [1.807, 2.05) is 13.8 Å². The minimum absolute atomic E-state index is 0.0384. The molecule has 1 amide bonds. The lowest BCUT2D eigenvalue weighted by Gasteiger charge is -2.25. The molecule has 0 saturated carbocycles. The van der Waals surface area contributed by atoms with Crippen molar-refractivity contribution >= 4 is 17.4 Å². The number of rotatable bonds is 8. The van der Waals surface area contributed by atoms with Crippen molar-refractivity contribution in [2.45, 2.75) is 19.9 Å². The smallest absolute Gasteiger partial charge is 0.295 e. The molecule has 1 saturated heterocycles. The van der Waals surface area contributed by atoms with Gasteiger partial charge in [0, 0.05) is 19.2 Å². The molecule has 0 radical (unpaired) electrons. The second-order valence-electron chi connectivity index (χ2n) is 7.77. The van der Waals surface area contributed by atoms with Gasteiger partial charge in [0.05, 0.1) is 24.8 Å². The van der Waals surface area contributed by atoms with Crippen molar-refractivity contribution in [3.8, 4) is 5.75 Å². The number of amides is 1. The first-order valence-electron chi connectivity index (χ1n) is 10.1. The van der Waals surface area contributed by atoms with Crippen LogP contribution in [0.15, 0.2) is 54.1 Å². The van der Waals surface area contributed by atoms with Gasteiger partial charge in [-0.2, -0.15) is 0 Å². The summed E-state index contributed by atoms with van der Waals surface area (Å²) in [5.41, 5.74) is 0.868. The van der Waals surface area contributed by atoms with Crippen LogP contribution in [0.2, 0.25) is 0 Å². The third-order valence-corrected chi connectivity index (χ3v) is 4.97. The molecule has 31 heavy (non-hydrogen) atoms. The van der Waals surface area contributed by atoms with E-state index in [2.05, 4.69) is 0 Å². The molecule has 1 heterocycles. The van der Waals surface area contributed by atoms with Crippen molar-refractivity contribution in [1.82, 2.24) is 4.90 Å².